The molecule has 20 heavy (non-hydrogen) atoms. The average molecular weight is 281 g/mol. The van der Waals surface area contributed by atoms with E-state index in [1.807, 2.05) is 30.3 Å². The molecule has 0 saturated heterocycles. The van der Waals surface area contributed by atoms with Gasteiger partial charge in [0.05, 0.1) is 32.2 Å². The van der Waals surface area contributed by atoms with Gasteiger partial charge in [0.1, 0.15) is 0 Å². The minimum Gasteiger partial charge on any atom is -0.469 e. The van der Waals surface area contributed by atoms with Crippen LogP contribution in [-0.2, 0) is 20.9 Å². The Morgan fingerprint density at radius 3 is 2.55 bits per heavy atom. The van der Waals surface area contributed by atoms with Crippen molar-refractivity contribution in [3.8, 4) is 0 Å². The molecule has 1 aromatic rings. The van der Waals surface area contributed by atoms with E-state index in [0.717, 1.165) is 5.56 Å². The second-order valence-corrected chi connectivity index (χ2v) is 4.56. The van der Waals surface area contributed by atoms with Crippen molar-refractivity contribution in [3.05, 3.63) is 46.0 Å². The van der Waals surface area contributed by atoms with Gasteiger partial charge in [0.2, 0.25) is 6.54 Å². The molecule has 0 aliphatic heterocycles. The number of methoxy groups -OCH3 is 1. The number of hydrogen-bond donors (Lipinski definition) is 0. The minimum atomic E-state index is -0.499. The molecular weight excluding hydrogens is 262 g/mol. The van der Waals surface area contributed by atoms with E-state index in [2.05, 4.69) is 4.74 Å². The Morgan fingerprint density at radius 2 is 2.00 bits per heavy atom. The van der Waals surface area contributed by atoms with Crippen molar-refractivity contribution in [2.45, 2.75) is 26.1 Å². The lowest BCUT2D eigenvalue weighted by Crippen LogP contribution is -2.30. The third-order valence-corrected chi connectivity index (χ3v) is 3.06. The highest BCUT2D eigenvalue weighted by atomic mass is 16.6. The molecule has 1 aromatic carbocycles. The van der Waals surface area contributed by atoms with E-state index in [1.54, 1.807) is 6.92 Å². The van der Waals surface area contributed by atoms with E-state index in [-0.39, 0.29) is 13.0 Å². The summed E-state index contributed by atoms with van der Waals surface area (Å²) in [6.45, 7) is 1.78. The zero-order valence-corrected chi connectivity index (χ0v) is 11.7. The summed E-state index contributed by atoms with van der Waals surface area (Å²) >= 11 is 0. The first-order chi connectivity index (χ1) is 9.52. The van der Waals surface area contributed by atoms with E-state index >= 15 is 0 Å². The molecule has 0 heterocycles. The van der Waals surface area contributed by atoms with Crippen molar-refractivity contribution in [3.63, 3.8) is 0 Å². The van der Waals surface area contributed by atoms with Crippen LogP contribution in [0.5, 0.6) is 0 Å². The van der Waals surface area contributed by atoms with Gasteiger partial charge in [-0.15, -0.1) is 0 Å². The Balaban J connectivity index is 2.55. The molecule has 0 saturated carbocycles. The zero-order chi connectivity index (χ0) is 15.0. The van der Waals surface area contributed by atoms with Gasteiger partial charge in [-0.3, -0.25) is 14.9 Å². The number of benzene rings is 1. The predicted octanol–water partition coefficient (Wildman–Crippen LogP) is 2.05. The quantitative estimate of drug-likeness (QED) is 0.414. The molecule has 0 fully saturated rings. The van der Waals surface area contributed by atoms with E-state index in [9.17, 15) is 14.9 Å². The number of ether oxygens (including phenoxy) is 2. The van der Waals surface area contributed by atoms with Crippen LogP contribution < -0.4 is 0 Å². The lowest BCUT2D eigenvalue weighted by atomic mass is 10.00. The number of carbonyl (C=O) groups excluding carboxylic acids is 1. The number of rotatable bonds is 8. The number of carbonyl (C=O) groups is 1. The van der Waals surface area contributed by atoms with Gasteiger partial charge in [-0.05, 0) is 12.5 Å². The molecule has 6 heteroatoms. The molecule has 2 unspecified atom stereocenters. The smallest absolute Gasteiger partial charge is 0.306 e. The summed E-state index contributed by atoms with van der Waals surface area (Å²) in [6.07, 6.45) is -0.423. The molecule has 110 valence electrons. The van der Waals surface area contributed by atoms with Crippen LogP contribution in [0.4, 0.5) is 0 Å². The number of nitro groups is 1. The van der Waals surface area contributed by atoms with Crippen molar-refractivity contribution in [2.75, 3.05) is 13.7 Å². The van der Waals surface area contributed by atoms with Crippen LogP contribution in [0.3, 0.4) is 0 Å². The molecule has 2 atom stereocenters. The topological polar surface area (TPSA) is 78.7 Å². The van der Waals surface area contributed by atoms with E-state index in [4.69, 9.17) is 4.74 Å². The maximum Gasteiger partial charge on any atom is 0.306 e. The number of hydrogen-bond acceptors (Lipinski definition) is 5. The fourth-order valence-electron chi connectivity index (χ4n) is 1.81. The molecule has 0 aliphatic rings. The number of nitrogens with zero attached hydrogens (tertiary/aromatic N) is 1. The molecule has 0 radical (unpaired) electrons. The van der Waals surface area contributed by atoms with Crippen LogP contribution >= 0.6 is 0 Å². The molecule has 1 rings (SSSR count). The largest absolute Gasteiger partial charge is 0.469 e. The summed E-state index contributed by atoms with van der Waals surface area (Å²) in [6, 6.07) is 9.52. The highest BCUT2D eigenvalue weighted by Crippen LogP contribution is 2.15. The first-order valence-electron chi connectivity index (χ1n) is 6.37. The summed E-state index contributed by atoms with van der Waals surface area (Å²) in [5.74, 6) is -0.965. The monoisotopic (exact) mass is 281 g/mol. The highest BCUT2D eigenvalue weighted by molar-refractivity contribution is 5.69. The SMILES string of the molecule is COC(=O)CC(C[N+](=O)[O-])C(C)OCc1ccccc1. The molecule has 0 bridgehead atoms. The Morgan fingerprint density at radius 1 is 1.35 bits per heavy atom. The van der Waals surface area contributed by atoms with Gasteiger partial charge < -0.3 is 9.47 Å². The van der Waals surface area contributed by atoms with Gasteiger partial charge in [0, 0.05) is 4.92 Å². The average Bonchev–Trinajstić information content (AvgIpc) is 2.44. The Labute approximate surface area is 117 Å². The molecule has 0 spiro atoms. The minimum absolute atomic E-state index is 0.0204. The molecule has 0 aromatic heterocycles. The summed E-state index contributed by atoms with van der Waals surface area (Å²) < 4.78 is 10.2. The highest BCUT2D eigenvalue weighted by Gasteiger charge is 2.26. The molecular formula is C14H19NO5. The second kappa shape index (κ2) is 8.27. The maximum atomic E-state index is 11.3. The van der Waals surface area contributed by atoms with Crippen molar-refractivity contribution >= 4 is 5.97 Å². The third kappa shape index (κ3) is 5.79. The van der Waals surface area contributed by atoms with Gasteiger partial charge in [0.15, 0.2) is 0 Å². The van der Waals surface area contributed by atoms with Crippen molar-refractivity contribution in [2.24, 2.45) is 5.92 Å². The predicted molar refractivity (Wildman–Crippen MR) is 72.7 cm³/mol. The van der Waals surface area contributed by atoms with E-state index in [0.29, 0.717) is 6.61 Å². The van der Waals surface area contributed by atoms with Crippen molar-refractivity contribution in [1.29, 1.82) is 0 Å². The van der Waals surface area contributed by atoms with Gasteiger partial charge in [0.25, 0.3) is 0 Å². The van der Waals surface area contributed by atoms with Crippen LogP contribution in [-0.4, -0.2) is 30.7 Å². The van der Waals surface area contributed by atoms with E-state index < -0.39 is 22.9 Å². The Kier molecular flexibility index (Phi) is 6.66. The van der Waals surface area contributed by atoms with Crippen LogP contribution in [0.25, 0.3) is 0 Å². The van der Waals surface area contributed by atoms with E-state index in [1.165, 1.54) is 7.11 Å². The normalized spacial score (nSPS) is 13.5. The maximum absolute atomic E-state index is 11.3. The molecule has 0 N–H and O–H groups in total. The fourth-order valence-corrected chi connectivity index (χ4v) is 1.81. The summed E-state index contributed by atoms with van der Waals surface area (Å²) in [5.41, 5.74) is 0.984. The zero-order valence-electron chi connectivity index (χ0n) is 11.7. The fraction of sp³-hybridized carbons (Fsp3) is 0.500. The molecule has 0 aliphatic carbocycles. The van der Waals surface area contributed by atoms with Crippen LogP contribution in [0.2, 0.25) is 0 Å². The van der Waals surface area contributed by atoms with Gasteiger partial charge in [-0.1, -0.05) is 30.3 Å². The van der Waals surface area contributed by atoms with Crippen molar-refractivity contribution < 1.29 is 19.2 Å². The Hall–Kier alpha value is -1.95. The van der Waals surface area contributed by atoms with Gasteiger partial charge >= 0.3 is 5.97 Å². The summed E-state index contributed by atoms with van der Waals surface area (Å²) in [4.78, 5) is 21.5. The first-order valence-corrected chi connectivity index (χ1v) is 6.37. The first kappa shape index (κ1) is 16.1. The van der Waals surface area contributed by atoms with Crippen molar-refractivity contribution in [1.82, 2.24) is 0 Å². The third-order valence-electron chi connectivity index (χ3n) is 3.06. The lowest BCUT2D eigenvalue weighted by molar-refractivity contribution is -0.490. The lowest BCUT2D eigenvalue weighted by Gasteiger charge is -2.20. The molecule has 6 nitrogen and oxygen atoms in total. The Bertz CT molecular complexity index is 434. The van der Waals surface area contributed by atoms with Gasteiger partial charge in [-0.25, -0.2) is 0 Å². The van der Waals surface area contributed by atoms with Crippen LogP contribution in [0.15, 0.2) is 30.3 Å². The molecule has 0 amide bonds. The standard InChI is InChI=1S/C14H19NO5/c1-11(20-10-12-6-4-3-5-7-12)13(9-15(17)18)8-14(16)19-2/h3-7,11,13H,8-10H2,1-2H3. The summed E-state index contributed by atoms with van der Waals surface area (Å²) in [7, 11) is 1.26. The van der Waals surface area contributed by atoms with Gasteiger partial charge in [-0.2, -0.15) is 0 Å². The summed E-state index contributed by atoms with van der Waals surface area (Å²) in [5, 5.41) is 10.7. The number of esters is 1. The second-order valence-electron chi connectivity index (χ2n) is 4.56. The van der Waals surface area contributed by atoms with Crippen LogP contribution in [0, 0.1) is 16.0 Å². The van der Waals surface area contributed by atoms with Crippen LogP contribution in [0.1, 0.15) is 18.9 Å².